The van der Waals surface area contributed by atoms with Crippen LogP contribution in [0.3, 0.4) is 0 Å². The second-order valence-corrected chi connectivity index (χ2v) is 5.04. The number of hydrogen-bond donors (Lipinski definition) is 1. The molecule has 0 aromatic rings. The fraction of sp³-hybridized carbons (Fsp3) is 1.00. The minimum Gasteiger partial charge on any atom is -0.390 e. The Kier molecular flexibility index (Phi) is 6.43. The highest BCUT2D eigenvalue weighted by molar-refractivity contribution is 4.75. The smallest absolute Gasteiger partial charge is 0.0642 e. The van der Waals surface area contributed by atoms with Crippen LogP contribution in [0, 0.1) is 11.8 Å². The summed E-state index contributed by atoms with van der Waals surface area (Å²) >= 11 is 0. The predicted octanol–water partition coefficient (Wildman–Crippen LogP) is 4.00. The molecule has 1 heteroatoms. The average Bonchev–Trinajstić information content (AvgIpc) is 2.17. The predicted molar refractivity (Wildman–Crippen MR) is 63.4 cm³/mol. The van der Waals surface area contributed by atoms with Crippen molar-refractivity contribution in [2.24, 2.45) is 11.8 Å². The van der Waals surface area contributed by atoms with E-state index in [-0.39, 0.29) is 0 Å². The first-order valence-corrected chi connectivity index (χ1v) is 6.17. The molecule has 1 nitrogen and oxygen atoms in total. The second kappa shape index (κ2) is 6.44. The van der Waals surface area contributed by atoms with Gasteiger partial charge in [-0.05, 0) is 31.1 Å². The van der Waals surface area contributed by atoms with Gasteiger partial charge in [-0.25, -0.2) is 0 Å². The number of aliphatic hydroxyl groups is 1. The Hall–Kier alpha value is -0.0400. The first-order valence-electron chi connectivity index (χ1n) is 6.17. The lowest BCUT2D eigenvalue weighted by molar-refractivity contribution is 0.0199. The van der Waals surface area contributed by atoms with E-state index in [0.29, 0.717) is 0 Å². The molecule has 0 aliphatic heterocycles. The van der Waals surface area contributed by atoms with E-state index in [1.54, 1.807) is 0 Å². The highest BCUT2D eigenvalue weighted by atomic mass is 16.3. The van der Waals surface area contributed by atoms with Crippen molar-refractivity contribution in [2.45, 2.75) is 72.3 Å². The van der Waals surface area contributed by atoms with Gasteiger partial charge < -0.3 is 5.11 Å². The first kappa shape index (κ1) is 14.0. The molecule has 0 spiro atoms. The third-order valence-electron chi connectivity index (χ3n) is 3.76. The van der Waals surface area contributed by atoms with Gasteiger partial charge in [0.15, 0.2) is 0 Å². The third-order valence-corrected chi connectivity index (χ3v) is 3.76. The van der Waals surface area contributed by atoms with Gasteiger partial charge in [-0.1, -0.05) is 47.5 Å². The van der Waals surface area contributed by atoms with E-state index in [0.717, 1.165) is 37.5 Å². The van der Waals surface area contributed by atoms with Crippen LogP contribution in [-0.2, 0) is 0 Å². The molecule has 0 aliphatic carbocycles. The minimum atomic E-state index is -0.392. The van der Waals surface area contributed by atoms with Crippen LogP contribution in [-0.4, -0.2) is 10.7 Å². The highest BCUT2D eigenvalue weighted by Gasteiger charge is 2.21. The van der Waals surface area contributed by atoms with Crippen LogP contribution >= 0.6 is 0 Å². The summed E-state index contributed by atoms with van der Waals surface area (Å²) in [5.41, 5.74) is -0.392. The first-order chi connectivity index (χ1) is 6.45. The zero-order valence-electron chi connectivity index (χ0n) is 10.6. The summed E-state index contributed by atoms with van der Waals surface area (Å²) in [6, 6.07) is 0. The zero-order valence-corrected chi connectivity index (χ0v) is 10.6. The summed E-state index contributed by atoms with van der Waals surface area (Å²) in [4.78, 5) is 0. The SMILES string of the molecule is CCC(O)(CC)CCCC(C)C(C)C. The molecule has 14 heavy (non-hydrogen) atoms. The lowest BCUT2D eigenvalue weighted by Crippen LogP contribution is -2.26. The molecular weight excluding hydrogens is 172 g/mol. The molecule has 0 fully saturated rings. The molecule has 0 aromatic carbocycles. The van der Waals surface area contributed by atoms with Gasteiger partial charge in [0.05, 0.1) is 5.60 Å². The maximum atomic E-state index is 10.1. The standard InChI is InChI=1S/C13H28O/c1-6-13(14,7-2)10-8-9-12(5)11(3)4/h11-12,14H,6-10H2,1-5H3. The number of hydrogen-bond acceptors (Lipinski definition) is 1. The second-order valence-electron chi connectivity index (χ2n) is 5.04. The molecule has 1 N–H and O–H groups in total. The van der Waals surface area contributed by atoms with E-state index in [4.69, 9.17) is 0 Å². The molecule has 1 atom stereocenters. The molecule has 86 valence electrons. The fourth-order valence-electron chi connectivity index (χ4n) is 1.69. The highest BCUT2D eigenvalue weighted by Crippen LogP contribution is 2.25. The van der Waals surface area contributed by atoms with E-state index in [9.17, 15) is 5.11 Å². The van der Waals surface area contributed by atoms with Gasteiger partial charge >= 0.3 is 0 Å². The molecule has 0 rings (SSSR count). The van der Waals surface area contributed by atoms with Crippen LogP contribution < -0.4 is 0 Å². The maximum Gasteiger partial charge on any atom is 0.0642 e. The third kappa shape index (κ3) is 4.99. The van der Waals surface area contributed by atoms with E-state index in [1.807, 2.05) is 0 Å². The molecule has 1 unspecified atom stereocenters. The van der Waals surface area contributed by atoms with Crippen LogP contribution in [0.4, 0.5) is 0 Å². The van der Waals surface area contributed by atoms with Gasteiger partial charge in [0.2, 0.25) is 0 Å². The average molecular weight is 200 g/mol. The molecule has 0 saturated heterocycles. The maximum absolute atomic E-state index is 10.1. The summed E-state index contributed by atoms with van der Waals surface area (Å²) in [7, 11) is 0. The van der Waals surface area contributed by atoms with Crippen molar-refractivity contribution >= 4 is 0 Å². The molecule has 0 radical (unpaired) electrons. The molecule has 0 aliphatic rings. The molecule has 0 bridgehead atoms. The largest absolute Gasteiger partial charge is 0.390 e. The summed E-state index contributed by atoms with van der Waals surface area (Å²) in [6.45, 7) is 11.0. The van der Waals surface area contributed by atoms with E-state index in [1.165, 1.54) is 6.42 Å². The van der Waals surface area contributed by atoms with Crippen molar-refractivity contribution in [1.29, 1.82) is 0 Å². The topological polar surface area (TPSA) is 20.2 Å². The summed E-state index contributed by atoms with van der Waals surface area (Å²) in [5.74, 6) is 1.55. The van der Waals surface area contributed by atoms with Crippen LogP contribution in [0.15, 0.2) is 0 Å². The van der Waals surface area contributed by atoms with Crippen LogP contribution in [0.2, 0.25) is 0 Å². The fourth-order valence-corrected chi connectivity index (χ4v) is 1.69. The minimum absolute atomic E-state index is 0.392. The summed E-state index contributed by atoms with van der Waals surface area (Å²) in [5, 5.41) is 10.1. The van der Waals surface area contributed by atoms with Crippen LogP contribution in [0.25, 0.3) is 0 Å². The van der Waals surface area contributed by atoms with Gasteiger partial charge in [0, 0.05) is 0 Å². The quantitative estimate of drug-likeness (QED) is 0.658. The van der Waals surface area contributed by atoms with Gasteiger partial charge in [-0.3, -0.25) is 0 Å². The lowest BCUT2D eigenvalue weighted by atomic mass is 9.87. The lowest BCUT2D eigenvalue weighted by Gasteiger charge is -2.26. The van der Waals surface area contributed by atoms with Crippen molar-refractivity contribution in [3.8, 4) is 0 Å². The normalized spacial score (nSPS) is 14.8. The van der Waals surface area contributed by atoms with Crippen molar-refractivity contribution < 1.29 is 5.11 Å². The zero-order chi connectivity index (χ0) is 11.2. The van der Waals surface area contributed by atoms with Crippen molar-refractivity contribution in [3.05, 3.63) is 0 Å². The molecule has 0 aromatic heterocycles. The van der Waals surface area contributed by atoms with E-state index < -0.39 is 5.60 Å². The molecular formula is C13H28O. The van der Waals surface area contributed by atoms with Gasteiger partial charge in [-0.2, -0.15) is 0 Å². The Balaban J connectivity index is 3.72. The Morgan fingerprint density at radius 2 is 1.57 bits per heavy atom. The summed E-state index contributed by atoms with van der Waals surface area (Å²) < 4.78 is 0. The van der Waals surface area contributed by atoms with Gasteiger partial charge in [0.25, 0.3) is 0 Å². The van der Waals surface area contributed by atoms with E-state index >= 15 is 0 Å². The van der Waals surface area contributed by atoms with Crippen molar-refractivity contribution in [3.63, 3.8) is 0 Å². The molecule has 0 saturated carbocycles. The van der Waals surface area contributed by atoms with Crippen molar-refractivity contribution in [2.75, 3.05) is 0 Å². The molecule has 0 amide bonds. The summed E-state index contributed by atoms with van der Waals surface area (Å²) in [6.07, 6.45) is 5.16. The Labute approximate surface area is 89.9 Å². The Bertz CT molecular complexity index is 136. The number of rotatable bonds is 7. The Morgan fingerprint density at radius 3 is 1.93 bits per heavy atom. The molecule has 0 heterocycles. The van der Waals surface area contributed by atoms with Crippen LogP contribution in [0.1, 0.15) is 66.7 Å². The van der Waals surface area contributed by atoms with Crippen LogP contribution in [0.5, 0.6) is 0 Å². The van der Waals surface area contributed by atoms with Gasteiger partial charge in [0.1, 0.15) is 0 Å². The Morgan fingerprint density at radius 1 is 1.07 bits per heavy atom. The van der Waals surface area contributed by atoms with Crippen molar-refractivity contribution in [1.82, 2.24) is 0 Å². The van der Waals surface area contributed by atoms with Gasteiger partial charge in [-0.15, -0.1) is 0 Å². The van der Waals surface area contributed by atoms with E-state index in [2.05, 4.69) is 34.6 Å². The monoisotopic (exact) mass is 200 g/mol.